The van der Waals surface area contributed by atoms with E-state index in [4.69, 9.17) is 4.99 Å². The van der Waals surface area contributed by atoms with Gasteiger partial charge in [0.05, 0.1) is 6.54 Å². The summed E-state index contributed by atoms with van der Waals surface area (Å²) in [5, 5.41) is 10.9. The van der Waals surface area contributed by atoms with Crippen LogP contribution in [0.1, 0.15) is 33.6 Å². The Kier molecular flexibility index (Phi) is 9.36. The molecule has 23 heavy (non-hydrogen) atoms. The van der Waals surface area contributed by atoms with E-state index >= 15 is 0 Å². The van der Waals surface area contributed by atoms with Gasteiger partial charge in [0.15, 0.2) is 5.96 Å². The Morgan fingerprint density at radius 2 is 2.09 bits per heavy atom. The highest BCUT2D eigenvalue weighted by molar-refractivity contribution is 5.79. The van der Waals surface area contributed by atoms with E-state index in [0.29, 0.717) is 12.0 Å². The third-order valence-electron chi connectivity index (χ3n) is 3.69. The van der Waals surface area contributed by atoms with Gasteiger partial charge in [-0.3, -0.25) is 9.67 Å². The maximum atomic E-state index is 4.75. The quantitative estimate of drug-likeness (QED) is 0.392. The molecule has 2 N–H and O–H groups in total. The molecule has 6 heteroatoms. The Hall–Kier alpha value is -1.56. The monoisotopic (exact) mass is 322 g/mol. The van der Waals surface area contributed by atoms with Gasteiger partial charge < -0.3 is 15.5 Å². The minimum atomic E-state index is 0.481. The zero-order chi connectivity index (χ0) is 17.1. The van der Waals surface area contributed by atoms with Crippen molar-refractivity contribution in [1.29, 1.82) is 0 Å². The Bertz CT molecular complexity index is 424. The summed E-state index contributed by atoms with van der Waals surface area (Å²) in [4.78, 5) is 7.02. The molecule has 0 radical (unpaired) electrons. The molecular formula is C17H34N6. The Morgan fingerprint density at radius 3 is 2.65 bits per heavy atom. The molecule has 132 valence electrons. The fourth-order valence-corrected chi connectivity index (χ4v) is 2.41. The second-order valence-electron chi connectivity index (χ2n) is 6.52. The lowest BCUT2D eigenvalue weighted by atomic mass is 10.0. The first-order valence-corrected chi connectivity index (χ1v) is 8.69. The summed E-state index contributed by atoms with van der Waals surface area (Å²) in [6, 6.07) is 2.43. The number of hydrogen-bond acceptors (Lipinski definition) is 3. The van der Waals surface area contributed by atoms with Crippen LogP contribution in [0.5, 0.6) is 0 Å². The SMILES string of the molecule is CCNC(=NCC(CC(C)C)N(C)C)NCCCn1cccn1. The predicted molar refractivity (Wildman–Crippen MR) is 97.8 cm³/mol. The second kappa shape index (κ2) is 11.0. The van der Waals surface area contributed by atoms with E-state index < -0.39 is 0 Å². The summed E-state index contributed by atoms with van der Waals surface area (Å²) in [6.07, 6.45) is 5.99. The number of hydrogen-bond donors (Lipinski definition) is 2. The summed E-state index contributed by atoms with van der Waals surface area (Å²) in [5.74, 6) is 1.59. The largest absolute Gasteiger partial charge is 0.357 e. The summed E-state index contributed by atoms with van der Waals surface area (Å²) < 4.78 is 1.95. The summed E-state index contributed by atoms with van der Waals surface area (Å²) in [7, 11) is 4.26. The van der Waals surface area contributed by atoms with Gasteiger partial charge in [0.25, 0.3) is 0 Å². The maximum absolute atomic E-state index is 4.75. The molecule has 0 fully saturated rings. The number of aromatic nitrogens is 2. The lowest BCUT2D eigenvalue weighted by Crippen LogP contribution is -2.40. The van der Waals surface area contributed by atoms with Gasteiger partial charge in [0.1, 0.15) is 0 Å². The standard InChI is InChI=1S/C17H34N6/c1-6-18-17(19-9-7-11-23-12-8-10-21-23)20-14-16(22(4)5)13-15(2)3/h8,10,12,15-16H,6-7,9,11,13-14H2,1-5H3,(H2,18,19,20). The average molecular weight is 323 g/mol. The average Bonchev–Trinajstić information content (AvgIpc) is 3.00. The molecule has 1 rings (SSSR count). The summed E-state index contributed by atoms with van der Waals surface area (Å²) >= 11 is 0. The van der Waals surface area contributed by atoms with Crippen LogP contribution in [0, 0.1) is 5.92 Å². The van der Waals surface area contributed by atoms with Crippen LogP contribution in [-0.4, -0.2) is 60.4 Å². The third kappa shape index (κ3) is 8.59. The molecule has 0 aromatic carbocycles. The normalized spacial score (nSPS) is 13.6. The summed E-state index contributed by atoms with van der Waals surface area (Å²) in [6.45, 7) is 10.1. The van der Waals surface area contributed by atoms with Crippen LogP contribution in [0.25, 0.3) is 0 Å². The smallest absolute Gasteiger partial charge is 0.191 e. The molecule has 0 amide bonds. The van der Waals surface area contributed by atoms with Crippen LogP contribution in [0.4, 0.5) is 0 Å². The van der Waals surface area contributed by atoms with E-state index in [1.165, 1.54) is 0 Å². The van der Waals surface area contributed by atoms with Crippen LogP contribution in [0.3, 0.4) is 0 Å². The zero-order valence-electron chi connectivity index (χ0n) is 15.4. The lowest BCUT2D eigenvalue weighted by Gasteiger charge is -2.24. The minimum Gasteiger partial charge on any atom is -0.357 e. The van der Waals surface area contributed by atoms with Crippen LogP contribution >= 0.6 is 0 Å². The lowest BCUT2D eigenvalue weighted by molar-refractivity contribution is 0.261. The Labute approximate surface area is 141 Å². The number of rotatable bonds is 10. The predicted octanol–water partition coefficient (Wildman–Crippen LogP) is 1.80. The molecule has 0 aliphatic carbocycles. The van der Waals surface area contributed by atoms with Gasteiger partial charge in [-0.2, -0.15) is 5.10 Å². The van der Waals surface area contributed by atoms with Crippen LogP contribution in [0.15, 0.2) is 23.5 Å². The van der Waals surface area contributed by atoms with Crippen molar-refractivity contribution < 1.29 is 0 Å². The molecule has 0 bridgehead atoms. The van der Waals surface area contributed by atoms with E-state index in [2.05, 4.69) is 55.5 Å². The van der Waals surface area contributed by atoms with Gasteiger partial charge in [-0.05, 0) is 45.8 Å². The van der Waals surface area contributed by atoms with E-state index in [1.54, 1.807) is 0 Å². The first kappa shape index (κ1) is 19.5. The van der Waals surface area contributed by atoms with E-state index in [9.17, 15) is 0 Å². The molecule has 6 nitrogen and oxygen atoms in total. The fraction of sp³-hybridized carbons (Fsp3) is 0.765. The van der Waals surface area contributed by atoms with Crippen LogP contribution < -0.4 is 10.6 Å². The zero-order valence-corrected chi connectivity index (χ0v) is 15.4. The van der Waals surface area contributed by atoms with Gasteiger partial charge in [-0.1, -0.05) is 13.8 Å². The highest BCUT2D eigenvalue weighted by Crippen LogP contribution is 2.09. The van der Waals surface area contributed by atoms with Gasteiger partial charge >= 0.3 is 0 Å². The van der Waals surface area contributed by atoms with Crippen molar-refractivity contribution in [1.82, 2.24) is 25.3 Å². The van der Waals surface area contributed by atoms with Crippen molar-refractivity contribution in [2.24, 2.45) is 10.9 Å². The Morgan fingerprint density at radius 1 is 1.30 bits per heavy atom. The second-order valence-corrected chi connectivity index (χ2v) is 6.52. The first-order valence-electron chi connectivity index (χ1n) is 8.69. The molecule has 1 atom stereocenters. The van der Waals surface area contributed by atoms with Gasteiger partial charge in [-0.15, -0.1) is 0 Å². The molecule has 0 saturated heterocycles. The van der Waals surface area contributed by atoms with E-state index in [0.717, 1.165) is 45.0 Å². The molecule has 1 aromatic heterocycles. The number of aliphatic imine (C=N–C) groups is 1. The number of likely N-dealkylation sites (N-methyl/N-ethyl adjacent to an activating group) is 1. The Balaban J connectivity index is 2.41. The van der Waals surface area contributed by atoms with Crippen LogP contribution in [0.2, 0.25) is 0 Å². The summed E-state index contributed by atoms with van der Waals surface area (Å²) in [5.41, 5.74) is 0. The third-order valence-corrected chi connectivity index (χ3v) is 3.69. The van der Waals surface area contributed by atoms with E-state index in [1.807, 2.05) is 23.1 Å². The number of nitrogens with one attached hydrogen (secondary N) is 2. The maximum Gasteiger partial charge on any atom is 0.191 e. The fourth-order valence-electron chi connectivity index (χ4n) is 2.41. The van der Waals surface area contributed by atoms with Crippen molar-refractivity contribution in [3.05, 3.63) is 18.5 Å². The van der Waals surface area contributed by atoms with Crippen molar-refractivity contribution >= 4 is 5.96 Å². The molecule has 1 heterocycles. The van der Waals surface area contributed by atoms with E-state index in [-0.39, 0.29) is 0 Å². The topological polar surface area (TPSA) is 57.5 Å². The molecule has 0 aliphatic heterocycles. The molecular weight excluding hydrogens is 288 g/mol. The molecule has 0 spiro atoms. The first-order chi connectivity index (χ1) is 11.0. The number of guanidine groups is 1. The van der Waals surface area contributed by atoms with Gasteiger partial charge in [0.2, 0.25) is 0 Å². The molecule has 1 aromatic rings. The van der Waals surface area contributed by atoms with Crippen molar-refractivity contribution in [3.8, 4) is 0 Å². The van der Waals surface area contributed by atoms with Gasteiger partial charge in [-0.25, -0.2) is 0 Å². The molecule has 1 unspecified atom stereocenters. The van der Waals surface area contributed by atoms with Crippen molar-refractivity contribution in [3.63, 3.8) is 0 Å². The van der Waals surface area contributed by atoms with Crippen molar-refractivity contribution in [2.75, 3.05) is 33.7 Å². The van der Waals surface area contributed by atoms with Crippen LogP contribution in [-0.2, 0) is 6.54 Å². The molecule has 0 aliphatic rings. The number of nitrogens with zero attached hydrogens (tertiary/aromatic N) is 4. The molecule has 0 saturated carbocycles. The van der Waals surface area contributed by atoms with Crippen molar-refractivity contribution in [2.45, 2.75) is 46.2 Å². The number of aryl methyl sites for hydroxylation is 1. The van der Waals surface area contributed by atoms with Gasteiger partial charge in [0, 0.05) is 38.1 Å². The highest BCUT2D eigenvalue weighted by Gasteiger charge is 2.13. The minimum absolute atomic E-state index is 0.481. The highest BCUT2D eigenvalue weighted by atomic mass is 15.3.